The Labute approximate surface area is 131 Å². The van der Waals surface area contributed by atoms with Gasteiger partial charge in [0.15, 0.2) is 0 Å². The molecule has 120 valence electrons. The van der Waals surface area contributed by atoms with Gasteiger partial charge in [-0.1, -0.05) is 19.9 Å². The number of aromatic hydroxyl groups is 1. The van der Waals surface area contributed by atoms with Gasteiger partial charge in [-0.2, -0.15) is 0 Å². The number of benzene rings is 1. The van der Waals surface area contributed by atoms with Crippen LogP contribution in [0.3, 0.4) is 0 Å². The van der Waals surface area contributed by atoms with Crippen molar-refractivity contribution in [1.82, 2.24) is 4.90 Å². The molecule has 2 rings (SSSR count). The van der Waals surface area contributed by atoms with Crippen LogP contribution in [0, 0.1) is 5.92 Å². The van der Waals surface area contributed by atoms with Gasteiger partial charge in [-0.05, 0) is 37.3 Å². The Hall–Kier alpha value is -2.04. The van der Waals surface area contributed by atoms with Crippen LogP contribution in [0.2, 0.25) is 0 Å². The summed E-state index contributed by atoms with van der Waals surface area (Å²) in [6, 6.07) is 6.00. The van der Waals surface area contributed by atoms with E-state index in [1.54, 1.807) is 23.1 Å². The van der Waals surface area contributed by atoms with Crippen molar-refractivity contribution in [2.24, 2.45) is 5.92 Å². The molecule has 5 heteroatoms. The van der Waals surface area contributed by atoms with Crippen molar-refractivity contribution in [2.75, 3.05) is 11.9 Å². The predicted molar refractivity (Wildman–Crippen MR) is 85.5 cm³/mol. The average Bonchev–Trinajstić information content (AvgIpc) is 2.45. The number of phenolic OH excluding ortho intramolecular Hbond substituents is 1. The number of amides is 2. The third-order valence-electron chi connectivity index (χ3n) is 3.85. The molecule has 1 aromatic rings. The van der Waals surface area contributed by atoms with Crippen molar-refractivity contribution >= 4 is 17.5 Å². The van der Waals surface area contributed by atoms with Gasteiger partial charge in [0.2, 0.25) is 11.8 Å². The zero-order valence-corrected chi connectivity index (χ0v) is 13.2. The molecule has 0 spiro atoms. The molecule has 1 fully saturated rings. The number of likely N-dealkylation sites (tertiary alicyclic amines) is 1. The van der Waals surface area contributed by atoms with Crippen LogP contribution in [0.15, 0.2) is 24.3 Å². The van der Waals surface area contributed by atoms with Gasteiger partial charge in [-0.25, -0.2) is 0 Å². The van der Waals surface area contributed by atoms with E-state index in [1.807, 2.05) is 13.8 Å². The number of anilines is 1. The molecule has 0 bridgehead atoms. The topological polar surface area (TPSA) is 69.6 Å². The van der Waals surface area contributed by atoms with E-state index >= 15 is 0 Å². The first-order valence-corrected chi connectivity index (χ1v) is 7.86. The van der Waals surface area contributed by atoms with Gasteiger partial charge < -0.3 is 15.3 Å². The summed E-state index contributed by atoms with van der Waals surface area (Å²) in [6.07, 6.45) is 3.00. The second kappa shape index (κ2) is 7.29. The molecule has 1 atom stereocenters. The minimum absolute atomic E-state index is 0.0583. The molecule has 1 heterocycles. The number of hydrogen-bond donors (Lipinski definition) is 2. The lowest BCUT2D eigenvalue weighted by atomic mass is 9.98. The first-order valence-electron chi connectivity index (χ1n) is 7.86. The van der Waals surface area contributed by atoms with Gasteiger partial charge >= 0.3 is 0 Å². The van der Waals surface area contributed by atoms with Crippen molar-refractivity contribution in [3.05, 3.63) is 24.3 Å². The number of carbonyl (C=O) groups is 2. The van der Waals surface area contributed by atoms with Crippen LogP contribution in [0.5, 0.6) is 5.75 Å². The maximum absolute atomic E-state index is 12.6. The molecule has 1 aliphatic heterocycles. The molecule has 2 amide bonds. The molecular weight excluding hydrogens is 280 g/mol. The first kappa shape index (κ1) is 16.3. The number of phenols is 1. The highest BCUT2D eigenvalue weighted by atomic mass is 16.3. The summed E-state index contributed by atoms with van der Waals surface area (Å²) in [5.74, 6) is 0.291. The Morgan fingerprint density at radius 2 is 2.14 bits per heavy atom. The highest BCUT2D eigenvalue weighted by molar-refractivity contribution is 5.97. The van der Waals surface area contributed by atoms with Gasteiger partial charge in [-0.3, -0.25) is 9.59 Å². The zero-order chi connectivity index (χ0) is 16.1. The van der Waals surface area contributed by atoms with Crippen LogP contribution in [0.25, 0.3) is 0 Å². The number of nitrogens with zero attached hydrogens (tertiary/aromatic N) is 1. The standard InChI is InChI=1S/C17H24N2O3/c1-12(2)10-15(19-9-4-3-8-16(19)21)17(22)18-13-6-5-7-14(20)11-13/h5-7,11-12,15,20H,3-4,8-10H2,1-2H3,(H,18,22)/t15-/m0/s1. The average molecular weight is 304 g/mol. The molecule has 0 unspecified atom stereocenters. The lowest BCUT2D eigenvalue weighted by Gasteiger charge is -2.34. The van der Waals surface area contributed by atoms with Crippen LogP contribution < -0.4 is 5.32 Å². The quantitative estimate of drug-likeness (QED) is 0.879. The van der Waals surface area contributed by atoms with Crippen LogP contribution in [0.4, 0.5) is 5.69 Å². The monoisotopic (exact) mass is 304 g/mol. The normalized spacial score (nSPS) is 16.7. The molecule has 22 heavy (non-hydrogen) atoms. The number of nitrogens with one attached hydrogen (secondary N) is 1. The van der Waals surface area contributed by atoms with Crippen molar-refractivity contribution < 1.29 is 14.7 Å². The second-order valence-corrected chi connectivity index (χ2v) is 6.23. The van der Waals surface area contributed by atoms with Gasteiger partial charge in [-0.15, -0.1) is 0 Å². The van der Waals surface area contributed by atoms with E-state index in [0.717, 1.165) is 12.8 Å². The first-order chi connectivity index (χ1) is 10.5. The SMILES string of the molecule is CC(C)C[C@@H](C(=O)Nc1cccc(O)c1)N1CCCCC1=O. The lowest BCUT2D eigenvalue weighted by molar-refractivity contribution is -0.141. The summed E-state index contributed by atoms with van der Waals surface area (Å²) in [4.78, 5) is 26.5. The highest BCUT2D eigenvalue weighted by Gasteiger charge is 2.31. The summed E-state index contributed by atoms with van der Waals surface area (Å²) in [6.45, 7) is 4.73. The number of carbonyl (C=O) groups excluding carboxylic acids is 2. The molecule has 0 aliphatic carbocycles. The van der Waals surface area contributed by atoms with Crippen LogP contribution >= 0.6 is 0 Å². The van der Waals surface area contributed by atoms with Gasteiger partial charge in [0.05, 0.1) is 0 Å². The molecule has 1 aromatic carbocycles. The summed E-state index contributed by atoms with van der Waals surface area (Å²) >= 11 is 0. The molecule has 2 N–H and O–H groups in total. The van der Waals surface area contributed by atoms with E-state index in [1.165, 1.54) is 6.07 Å². The zero-order valence-electron chi connectivity index (χ0n) is 13.2. The fraction of sp³-hybridized carbons (Fsp3) is 0.529. The molecule has 0 aromatic heterocycles. The molecule has 0 radical (unpaired) electrons. The Morgan fingerprint density at radius 1 is 1.36 bits per heavy atom. The molecule has 1 saturated heterocycles. The van der Waals surface area contributed by atoms with Crippen LogP contribution in [-0.2, 0) is 9.59 Å². The number of rotatable bonds is 5. The summed E-state index contributed by atoms with van der Waals surface area (Å²) in [5, 5.41) is 12.3. The van der Waals surface area contributed by atoms with Crippen molar-refractivity contribution in [3.8, 4) is 5.75 Å². The maximum atomic E-state index is 12.6. The summed E-state index contributed by atoms with van der Waals surface area (Å²) in [7, 11) is 0. The molecular formula is C17H24N2O3. The van der Waals surface area contributed by atoms with E-state index in [4.69, 9.17) is 0 Å². The Balaban J connectivity index is 2.13. The third kappa shape index (κ3) is 4.23. The maximum Gasteiger partial charge on any atom is 0.247 e. The van der Waals surface area contributed by atoms with Gasteiger partial charge in [0.1, 0.15) is 11.8 Å². The molecule has 5 nitrogen and oxygen atoms in total. The Kier molecular flexibility index (Phi) is 5.41. The van der Waals surface area contributed by atoms with Gasteiger partial charge in [0.25, 0.3) is 0 Å². The van der Waals surface area contributed by atoms with E-state index in [2.05, 4.69) is 5.32 Å². The van der Waals surface area contributed by atoms with Gasteiger partial charge in [0, 0.05) is 24.7 Å². The van der Waals surface area contributed by atoms with Crippen LogP contribution in [-0.4, -0.2) is 34.4 Å². The second-order valence-electron chi connectivity index (χ2n) is 6.23. The Bertz CT molecular complexity index is 542. The van der Waals surface area contributed by atoms with E-state index < -0.39 is 6.04 Å². The fourth-order valence-corrected chi connectivity index (χ4v) is 2.79. The van der Waals surface area contributed by atoms with Crippen LogP contribution in [0.1, 0.15) is 39.5 Å². The number of piperidine rings is 1. The lowest BCUT2D eigenvalue weighted by Crippen LogP contribution is -2.49. The molecule has 0 saturated carbocycles. The largest absolute Gasteiger partial charge is 0.508 e. The fourth-order valence-electron chi connectivity index (χ4n) is 2.79. The number of hydrogen-bond acceptors (Lipinski definition) is 3. The Morgan fingerprint density at radius 3 is 2.77 bits per heavy atom. The minimum Gasteiger partial charge on any atom is -0.508 e. The minimum atomic E-state index is -0.449. The van der Waals surface area contributed by atoms with Crippen molar-refractivity contribution in [1.29, 1.82) is 0 Å². The van der Waals surface area contributed by atoms with Crippen molar-refractivity contribution in [2.45, 2.75) is 45.6 Å². The smallest absolute Gasteiger partial charge is 0.247 e. The molecule has 1 aliphatic rings. The van der Waals surface area contributed by atoms with E-state index in [9.17, 15) is 14.7 Å². The van der Waals surface area contributed by atoms with Crippen molar-refractivity contribution in [3.63, 3.8) is 0 Å². The predicted octanol–water partition coefficient (Wildman–Crippen LogP) is 2.76. The summed E-state index contributed by atoms with van der Waals surface area (Å²) in [5.41, 5.74) is 0.545. The summed E-state index contributed by atoms with van der Waals surface area (Å²) < 4.78 is 0. The highest BCUT2D eigenvalue weighted by Crippen LogP contribution is 2.21. The third-order valence-corrected chi connectivity index (χ3v) is 3.85. The van der Waals surface area contributed by atoms with E-state index in [0.29, 0.717) is 31.0 Å². The van der Waals surface area contributed by atoms with E-state index in [-0.39, 0.29) is 17.6 Å².